The van der Waals surface area contributed by atoms with E-state index in [9.17, 15) is 26.4 Å². The number of hydrazone groups is 1. The second kappa shape index (κ2) is 10.4. The number of piperidine rings is 1. The fourth-order valence-electron chi connectivity index (χ4n) is 4.99. The number of nitrogens with one attached hydrogen (secondary N) is 1. The highest BCUT2D eigenvalue weighted by molar-refractivity contribution is 7.90. The number of amides is 1. The minimum Gasteiger partial charge on any atom is -0.406 e. The van der Waals surface area contributed by atoms with Crippen LogP contribution in [0.15, 0.2) is 64.0 Å². The van der Waals surface area contributed by atoms with E-state index in [1.165, 1.54) is 23.0 Å². The number of rotatable bonds is 7. The van der Waals surface area contributed by atoms with Gasteiger partial charge in [0.25, 0.3) is 5.91 Å². The topological polar surface area (TPSA) is 121 Å². The van der Waals surface area contributed by atoms with Gasteiger partial charge in [0, 0.05) is 37.5 Å². The minimum atomic E-state index is -4.83. The molecule has 0 spiro atoms. The standard InChI is InChI=1S/C26H26F3N7O4S/c27-26(28,29)40-19-4-2-18(3-5-19)36-24(32-25(37)21-15-31-34-11-1-10-30-23(21)16-34)14-22(33-36)17-8-12-35(13-9-17)41(38,39)20-6-7-20/h1-5,10-11,14-15,17,20H,6-9,12-13,16H2,(H,32,37). The van der Waals surface area contributed by atoms with E-state index in [0.29, 0.717) is 68.2 Å². The van der Waals surface area contributed by atoms with Crippen molar-refractivity contribution in [3.8, 4) is 11.4 Å². The molecule has 4 heterocycles. The molecule has 0 atom stereocenters. The van der Waals surface area contributed by atoms with Gasteiger partial charge in [-0.25, -0.2) is 17.4 Å². The Morgan fingerprint density at radius 3 is 2.49 bits per heavy atom. The smallest absolute Gasteiger partial charge is 0.406 e. The first kappa shape index (κ1) is 27.2. The van der Waals surface area contributed by atoms with Gasteiger partial charge in [0.2, 0.25) is 10.0 Å². The molecule has 1 saturated carbocycles. The zero-order chi connectivity index (χ0) is 28.8. The predicted molar refractivity (Wildman–Crippen MR) is 144 cm³/mol. The molecule has 1 saturated heterocycles. The molecular weight excluding hydrogens is 563 g/mol. The summed E-state index contributed by atoms with van der Waals surface area (Å²) in [5, 5.41) is 13.1. The van der Waals surface area contributed by atoms with Gasteiger partial charge >= 0.3 is 6.36 Å². The van der Waals surface area contributed by atoms with E-state index in [4.69, 9.17) is 5.10 Å². The number of allylic oxidation sites excluding steroid dienone is 1. The van der Waals surface area contributed by atoms with Gasteiger partial charge in [-0.3, -0.25) is 14.8 Å². The van der Waals surface area contributed by atoms with Crippen molar-refractivity contribution in [2.45, 2.75) is 43.2 Å². The number of hydrogen-bond donors (Lipinski definition) is 1. The Labute approximate surface area is 233 Å². The molecule has 1 N–H and O–H groups in total. The molecule has 1 aromatic carbocycles. The molecule has 15 heteroatoms. The van der Waals surface area contributed by atoms with E-state index >= 15 is 0 Å². The number of sulfonamides is 1. The third-order valence-electron chi connectivity index (χ3n) is 7.24. The number of anilines is 1. The fraction of sp³-hybridized carbons (Fsp3) is 0.385. The van der Waals surface area contributed by atoms with Crippen molar-refractivity contribution in [2.24, 2.45) is 10.1 Å². The van der Waals surface area contributed by atoms with Crippen LogP contribution in [0.4, 0.5) is 19.0 Å². The summed E-state index contributed by atoms with van der Waals surface area (Å²) in [6.45, 7) is 1.06. The lowest BCUT2D eigenvalue weighted by Crippen LogP contribution is -2.39. The third-order valence-corrected chi connectivity index (χ3v) is 9.64. The summed E-state index contributed by atoms with van der Waals surface area (Å²) in [5.41, 5.74) is 1.82. The van der Waals surface area contributed by atoms with E-state index in [-0.39, 0.29) is 16.7 Å². The molecule has 2 bridgehead atoms. The van der Waals surface area contributed by atoms with Crippen LogP contribution in [0.1, 0.15) is 37.3 Å². The lowest BCUT2D eigenvalue weighted by molar-refractivity contribution is -0.274. The summed E-state index contributed by atoms with van der Waals surface area (Å²) in [5.74, 6) is -0.646. The number of benzene rings is 1. The van der Waals surface area contributed by atoms with Crippen LogP contribution in [0.25, 0.3) is 5.69 Å². The van der Waals surface area contributed by atoms with Gasteiger partial charge in [-0.05, 0) is 56.0 Å². The first-order valence-electron chi connectivity index (χ1n) is 13.1. The molecule has 216 valence electrons. The zero-order valence-corrected chi connectivity index (χ0v) is 22.5. The summed E-state index contributed by atoms with van der Waals surface area (Å²) in [4.78, 5) is 17.7. The van der Waals surface area contributed by atoms with Gasteiger partial charge < -0.3 is 10.1 Å². The fourth-order valence-corrected chi connectivity index (χ4v) is 6.86. The molecule has 0 unspecified atom stereocenters. The summed E-state index contributed by atoms with van der Waals surface area (Å²) in [6.07, 6.45) is 4.10. The van der Waals surface area contributed by atoms with E-state index in [1.54, 1.807) is 33.9 Å². The highest BCUT2D eigenvalue weighted by atomic mass is 32.2. The molecule has 1 aliphatic carbocycles. The molecule has 6 rings (SSSR count). The third kappa shape index (κ3) is 5.91. The molecule has 2 fully saturated rings. The average molecular weight is 590 g/mol. The number of ether oxygens (including phenoxy) is 1. The number of fused-ring (bicyclic) bond motifs is 2. The Morgan fingerprint density at radius 2 is 1.80 bits per heavy atom. The van der Waals surface area contributed by atoms with Crippen molar-refractivity contribution in [3.63, 3.8) is 0 Å². The Kier molecular flexibility index (Phi) is 6.93. The molecule has 4 aliphatic rings. The normalized spacial score (nSPS) is 19.9. The Morgan fingerprint density at radius 1 is 1.07 bits per heavy atom. The van der Waals surface area contributed by atoms with E-state index in [1.807, 2.05) is 0 Å². The maximum Gasteiger partial charge on any atom is 0.573 e. The van der Waals surface area contributed by atoms with Crippen LogP contribution in [0.3, 0.4) is 0 Å². The number of aromatic nitrogens is 2. The van der Waals surface area contributed by atoms with Crippen LogP contribution >= 0.6 is 0 Å². The van der Waals surface area contributed by atoms with Gasteiger partial charge in [-0.2, -0.15) is 10.2 Å². The van der Waals surface area contributed by atoms with Gasteiger partial charge in [0.05, 0.1) is 40.7 Å². The highest BCUT2D eigenvalue weighted by Gasteiger charge is 2.41. The van der Waals surface area contributed by atoms with Crippen LogP contribution in [0.5, 0.6) is 5.75 Å². The summed E-state index contributed by atoms with van der Waals surface area (Å²) in [6, 6.07) is 6.85. The maximum absolute atomic E-state index is 13.4. The summed E-state index contributed by atoms with van der Waals surface area (Å²) in [7, 11) is -3.27. The molecule has 0 radical (unpaired) electrons. The van der Waals surface area contributed by atoms with Crippen molar-refractivity contribution >= 4 is 34.2 Å². The summed E-state index contributed by atoms with van der Waals surface area (Å²) >= 11 is 0. The highest BCUT2D eigenvalue weighted by Crippen LogP contribution is 2.36. The first-order chi connectivity index (χ1) is 19.6. The molecule has 11 nitrogen and oxygen atoms in total. The van der Waals surface area contributed by atoms with Gasteiger partial charge in [0.1, 0.15) is 11.6 Å². The molecule has 1 amide bonds. The number of nitrogens with zero attached hydrogens (tertiary/aromatic N) is 6. The Bertz CT molecular complexity index is 1570. The van der Waals surface area contributed by atoms with Gasteiger partial charge in [-0.15, -0.1) is 13.2 Å². The number of hydrogen-bond acceptors (Lipinski definition) is 8. The summed E-state index contributed by atoms with van der Waals surface area (Å²) < 4.78 is 70.3. The number of aliphatic imine (C=N–C) groups is 1. The van der Waals surface area contributed by atoms with Crippen molar-refractivity contribution in [2.75, 3.05) is 25.0 Å². The number of carbonyl (C=O) groups excluding carboxylic acids is 1. The molecule has 3 aliphatic heterocycles. The van der Waals surface area contributed by atoms with Crippen LogP contribution in [-0.4, -0.2) is 77.1 Å². The van der Waals surface area contributed by atoms with Crippen molar-refractivity contribution < 1.29 is 31.1 Å². The Balaban J connectivity index is 1.27. The Hall–Kier alpha value is -3.98. The van der Waals surface area contributed by atoms with Crippen molar-refractivity contribution in [3.05, 3.63) is 59.6 Å². The minimum absolute atomic E-state index is 0.0743. The maximum atomic E-state index is 13.4. The second-order valence-corrected chi connectivity index (χ2v) is 12.3. The predicted octanol–water partition coefficient (Wildman–Crippen LogP) is 3.53. The van der Waals surface area contributed by atoms with E-state index in [2.05, 4.69) is 20.1 Å². The van der Waals surface area contributed by atoms with Crippen LogP contribution in [0.2, 0.25) is 0 Å². The average Bonchev–Trinajstić information content (AvgIpc) is 3.74. The first-order valence-corrected chi connectivity index (χ1v) is 14.6. The van der Waals surface area contributed by atoms with Crippen LogP contribution in [0, 0.1) is 0 Å². The molecule has 41 heavy (non-hydrogen) atoms. The second-order valence-electron chi connectivity index (χ2n) is 10.1. The van der Waals surface area contributed by atoms with E-state index < -0.39 is 28.0 Å². The van der Waals surface area contributed by atoms with Crippen LogP contribution < -0.4 is 10.1 Å². The van der Waals surface area contributed by atoms with Crippen LogP contribution in [-0.2, 0) is 14.8 Å². The number of alkyl halides is 3. The zero-order valence-electron chi connectivity index (χ0n) is 21.7. The SMILES string of the molecule is O=C(Nc1cc(C2CCN(S(=O)(=O)C3CC3)CC2)nn1-c1ccc(OC(F)(F)F)cc1)C1=C2CN(C=CC=N2)N=C1. The lowest BCUT2D eigenvalue weighted by Gasteiger charge is -2.30. The number of halogens is 3. The molecule has 1 aromatic heterocycles. The van der Waals surface area contributed by atoms with Crippen molar-refractivity contribution in [1.29, 1.82) is 0 Å². The lowest BCUT2D eigenvalue weighted by atomic mass is 9.95. The largest absolute Gasteiger partial charge is 0.573 e. The molecular formula is C26H26F3N7O4S. The van der Waals surface area contributed by atoms with E-state index in [0.717, 1.165) is 12.1 Å². The monoisotopic (exact) mass is 589 g/mol. The number of carbonyl (C=O) groups is 1. The quantitative estimate of drug-likeness (QED) is 0.528. The van der Waals surface area contributed by atoms with Gasteiger partial charge in [0.15, 0.2) is 0 Å². The van der Waals surface area contributed by atoms with Gasteiger partial charge in [-0.1, -0.05) is 0 Å². The molecule has 2 aromatic rings. The van der Waals surface area contributed by atoms with Crippen molar-refractivity contribution in [1.82, 2.24) is 19.1 Å².